The minimum atomic E-state index is -0.974. The molecule has 0 saturated carbocycles. The molecule has 1 aliphatic rings. The second-order valence-electron chi connectivity index (χ2n) is 10.2. The third-order valence-corrected chi connectivity index (χ3v) is 7.03. The second-order valence-corrected chi connectivity index (χ2v) is 10.2. The highest BCUT2D eigenvalue weighted by Gasteiger charge is 2.34. The molecule has 40 heavy (non-hydrogen) atoms. The van der Waals surface area contributed by atoms with Crippen LogP contribution >= 0.6 is 0 Å². The number of pyridine rings is 1. The Labute approximate surface area is 233 Å². The largest absolute Gasteiger partial charge is 0.486 e. The van der Waals surface area contributed by atoms with Crippen LogP contribution in [0, 0.1) is 5.92 Å². The van der Waals surface area contributed by atoms with E-state index in [0.29, 0.717) is 36.4 Å². The van der Waals surface area contributed by atoms with Crippen LogP contribution in [0.1, 0.15) is 50.5 Å². The van der Waals surface area contributed by atoms with Crippen molar-refractivity contribution in [1.82, 2.24) is 14.8 Å². The van der Waals surface area contributed by atoms with E-state index in [1.54, 1.807) is 66.4 Å². The molecule has 3 aromatic rings. The normalized spacial score (nSPS) is 17.8. The lowest BCUT2D eigenvalue weighted by molar-refractivity contribution is 0.0343. The number of aliphatic hydroxyl groups excluding tert-OH is 1. The number of ether oxygens (including phenoxy) is 1. The highest BCUT2D eigenvalue weighted by atomic mass is 16.5. The molecule has 0 saturated heterocycles. The predicted octanol–water partition coefficient (Wildman–Crippen LogP) is 3.38. The number of anilines is 1. The third kappa shape index (κ3) is 6.64. The number of rotatable bonds is 9. The number of aromatic carboxylic acids is 1. The van der Waals surface area contributed by atoms with Crippen molar-refractivity contribution < 1.29 is 29.3 Å². The zero-order chi connectivity index (χ0) is 28.8. The van der Waals surface area contributed by atoms with Gasteiger partial charge in [-0.25, -0.2) is 4.79 Å². The molecule has 210 valence electrons. The van der Waals surface area contributed by atoms with Gasteiger partial charge in [0.15, 0.2) is 5.75 Å². The number of hydrogen-bond donors (Lipinski definition) is 3. The molecule has 2 aromatic carbocycles. The van der Waals surface area contributed by atoms with Gasteiger partial charge in [0, 0.05) is 43.5 Å². The number of carbonyl (C=O) groups is 3. The Morgan fingerprint density at radius 3 is 2.48 bits per heavy atom. The van der Waals surface area contributed by atoms with Crippen LogP contribution < -0.4 is 10.1 Å². The molecule has 0 radical (unpaired) electrons. The molecule has 0 spiro atoms. The van der Waals surface area contributed by atoms with Gasteiger partial charge in [0.25, 0.3) is 11.8 Å². The van der Waals surface area contributed by atoms with Gasteiger partial charge >= 0.3 is 5.97 Å². The van der Waals surface area contributed by atoms with Gasteiger partial charge in [0.1, 0.15) is 6.10 Å². The van der Waals surface area contributed by atoms with E-state index in [-0.39, 0.29) is 41.8 Å². The molecule has 0 bridgehead atoms. The predicted molar refractivity (Wildman–Crippen MR) is 150 cm³/mol. The number of para-hydroxylation sites is 1. The molecular weight excluding hydrogens is 512 g/mol. The van der Waals surface area contributed by atoms with E-state index in [4.69, 9.17) is 4.74 Å². The van der Waals surface area contributed by atoms with E-state index < -0.39 is 12.0 Å². The van der Waals surface area contributed by atoms with Gasteiger partial charge < -0.3 is 25.2 Å². The van der Waals surface area contributed by atoms with E-state index in [2.05, 4.69) is 15.2 Å². The first-order valence-electron chi connectivity index (χ1n) is 13.1. The number of nitrogens with one attached hydrogen (secondary N) is 1. The van der Waals surface area contributed by atoms with Crippen LogP contribution in [-0.4, -0.2) is 81.7 Å². The number of aliphatic hydroxyl groups is 1. The second kappa shape index (κ2) is 12.7. The Balaban J connectivity index is 1.64. The van der Waals surface area contributed by atoms with Gasteiger partial charge in [-0.2, -0.15) is 0 Å². The van der Waals surface area contributed by atoms with Gasteiger partial charge in [-0.1, -0.05) is 25.1 Å². The lowest BCUT2D eigenvalue weighted by Gasteiger charge is -2.38. The molecule has 3 atom stereocenters. The summed E-state index contributed by atoms with van der Waals surface area (Å²) in [7, 11) is 1.94. The number of nitrogens with zero attached hydrogens (tertiary/aromatic N) is 3. The summed E-state index contributed by atoms with van der Waals surface area (Å²) in [5.74, 6) is -1.46. The van der Waals surface area contributed by atoms with Crippen LogP contribution in [0.15, 0.2) is 67.0 Å². The van der Waals surface area contributed by atoms with Gasteiger partial charge in [0.05, 0.1) is 29.5 Å². The minimum absolute atomic E-state index is 0.119. The Kier molecular flexibility index (Phi) is 9.13. The molecule has 0 unspecified atom stereocenters. The van der Waals surface area contributed by atoms with Crippen molar-refractivity contribution >= 4 is 23.5 Å². The first kappa shape index (κ1) is 28.7. The average Bonchev–Trinajstić information content (AvgIpc) is 2.95. The van der Waals surface area contributed by atoms with Crippen molar-refractivity contribution in [2.75, 3.05) is 32.1 Å². The standard InChI is InChI=1S/C30H34N4O6/c1-19-15-34(20(2)18-35)29(37)24-5-4-6-25(32-28(36)22-11-13-31-14-12-22)27(24)40-26(19)17-33(3)16-21-7-9-23(10-8-21)30(38)39/h4-14,19-20,26,35H,15-18H2,1-3H3,(H,32,36)(H,38,39)/t19-,20+,26+/m1/s1. The van der Waals surface area contributed by atoms with Crippen molar-refractivity contribution in [3.63, 3.8) is 0 Å². The quantitative estimate of drug-likeness (QED) is 0.372. The molecule has 0 aliphatic carbocycles. The lowest BCUT2D eigenvalue weighted by Crippen LogP contribution is -2.49. The molecule has 4 rings (SSSR count). The molecule has 10 nitrogen and oxygen atoms in total. The average molecular weight is 547 g/mol. The molecule has 1 aromatic heterocycles. The van der Waals surface area contributed by atoms with E-state index in [1.807, 2.05) is 14.0 Å². The maximum absolute atomic E-state index is 13.7. The number of carboxylic acid groups (broad SMARTS) is 1. The molecule has 2 amide bonds. The molecule has 3 N–H and O–H groups in total. The van der Waals surface area contributed by atoms with Crippen LogP contribution in [0.3, 0.4) is 0 Å². The summed E-state index contributed by atoms with van der Waals surface area (Å²) in [6.45, 7) is 5.01. The Bertz CT molecular complexity index is 1350. The highest BCUT2D eigenvalue weighted by molar-refractivity contribution is 6.07. The Morgan fingerprint density at radius 2 is 1.82 bits per heavy atom. The van der Waals surface area contributed by atoms with Crippen LogP contribution in [0.25, 0.3) is 0 Å². The summed E-state index contributed by atoms with van der Waals surface area (Å²) >= 11 is 0. The fourth-order valence-corrected chi connectivity index (χ4v) is 4.69. The summed E-state index contributed by atoms with van der Waals surface area (Å²) < 4.78 is 6.55. The number of amides is 2. The Hall–Kier alpha value is -4.28. The summed E-state index contributed by atoms with van der Waals surface area (Å²) in [6, 6.07) is 14.6. The van der Waals surface area contributed by atoms with Crippen molar-refractivity contribution in [3.8, 4) is 5.75 Å². The molecule has 1 aliphatic heterocycles. The number of hydrogen-bond acceptors (Lipinski definition) is 7. The molecule has 2 heterocycles. The third-order valence-electron chi connectivity index (χ3n) is 7.03. The summed E-state index contributed by atoms with van der Waals surface area (Å²) in [5.41, 5.74) is 2.26. The smallest absolute Gasteiger partial charge is 0.335 e. The van der Waals surface area contributed by atoms with Gasteiger partial charge in [-0.15, -0.1) is 0 Å². The Morgan fingerprint density at radius 1 is 1.12 bits per heavy atom. The van der Waals surface area contributed by atoms with Crippen LogP contribution in [0.2, 0.25) is 0 Å². The van der Waals surface area contributed by atoms with E-state index in [1.165, 1.54) is 12.4 Å². The van der Waals surface area contributed by atoms with Crippen LogP contribution in [0.4, 0.5) is 5.69 Å². The minimum Gasteiger partial charge on any atom is -0.486 e. The maximum atomic E-state index is 13.7. The molecule has 0 fully saturated rings. The van der Waals surface area contributed by atoms with Crippen LogP contribution in [0.5, 0.6) is 5.75 Å². The number of aromatic nitrogens is 1. The number of fused-ring (bicyclic) bond motifs is 1. The summed E-state index contributed by atoms with van der Waals surface area (Å²) in [4.78, 5) is 45.5. The van der Waals surface area contributed by atoms with Gasteiger partial charge in [-0.05, 0) is 55.9 Å². The fourth-order valence-electron chi connectivity index (χ4n) is 4.69. The van der Waals surface area contributed by atoms with E-state index in [9.17, 15) is 24.6 Å². The molecule has 10 heteroatoms. The summed E-state index contributed by atoms with van der Waals surface area (Å²) in [6.07, 6.45) is 2.69. The number of carboxylic acids is 1. The van der Waals surface area contributed by atoms with Crippen LogP contribution in [-0.2, 0) is 6.54 Å². The molecular formula is C30H34N4O6. The topological polar surface area (TPSA) is 132 Å². The van der Waals surface area contributed by atoms with Gasteiger partial charge in [-0.3, -0.25) is 19.5 Å². The van der Waals surface area contributed by atoms with Gasteiger partial charge in [0.2, 0.25) is 0 Å². The van der Waals surface area contributed by atoms with E-state index >= 15 is 0 Å². The highest BCUT2D eigenvalue weighted by Crippen LogP contribution is 2.35. The van der Waals surface area contributed by atoms with E-state index in [0.717, 1.165) is 5.56 Å². The zero-order valence-electron chi connectivity index (χ0n) is 22.8. The first-order chi connectivity index (χ1) is 19.2. The number of carbonyl (C=O) groups excluding carboxylic acids is 2. The van der Waals surface area contributed by atoms with Crippen molar-refractivity contribution in [2.45, 2.75) is 32.5 Å². The zero-order valence-corrected chi connectivity index (χ0v) is 22.8. The fraction of sp³-hybridized carbons (Fsp3) is 0.333. The van der Waals surface area contributed by atoms with Crippen molar-refractivity contribution in [3.05, 3.63) is 89.2 Å². The number of benzene rings is 2. The maximum Gasteiger partial charge on any atom is 0.335 e. The van der Waals surface area contributed by atoms with Crippen molar-refractivity contribution in [1.29, 1.82) is 0 Å². The lowest BCUT2D eigenvalue weighted by atomic mass is 9.98. The van der Waals surface area contributed by atoms with Crippen molar-refractivity contribution in [2.24, 2.45) is 5.92 Å². The summed E-state index contributed by atoms with van der Waals surface area (Å²) in [5, 5.41) is 22.0. The monoisotopic (exact) mass is 546 g/mol. The first-order valence-corrected chi connectivity index (χ1v) is 13.1. The SMILES string of the molecule is C[C@@H]1CN([C@@H](C)CO)C(=O)c2cccc(NC(=O)c3ccncc3)c2O[C@H]1CN(C)Cc1ccc(C(=O)O)cc1. The number of likely N-dealkylation sites (N-methyl/N-ethyl adjacent to an activating group) is 1.